The summed E-state index contributed by atoms with van der Waals surface area (Å²) in [6.45, 7) is 2.33. The molecule has 0 aliphatic carbocycles. The Hall–Kier alpha value is -1.26. The second-order valence-corrected chi connectivity index (χ2v) is 1.35. The molecule has 0 aliphatic rings. The molecule has 0 aromatic heterocycles. The number of carbonyl (C=O) groups excluding carboxylic acids is 1. The van der Waals surface area contributed by atoms with Crippen LogP contribution in [0.2, 0.25) is 0 Å². The number of carbonyl (C=O) groups is 1. The first-order valence-corrected chi connectivity index (χ1v) is 2.53. The molecule has 0 saturated carbocycles. The van der Waals surface area contributed by atoms with Crippen LogP contribution in [-0.4, -0.2) is 18.5 Å². The standard InChI is InChI=1S/C4H10N4O/c1-2-7-3(5)8-4(6)9/h2H2,1H3,(H5,5,6,7,8,9). The summed E-state index contributed by atoms with van der Waals surface area (Å²) in [6.07, 6.45) is 0. The van der Waals surface area contributed by atoms with Gasteiger partial charge in [0.25, 0.3) is 0 Å². The summed E-state index contributed by atoms with van der Waals surface area (Å²) < 4.78 is 0. The predicted octanol–water partition coefficient (Wildman–Crippen LogP) is -1.01. The molecule has 5 nitrogen and oxygen atoms in total. The Bertz CT molecular complexity index is 131. The number of primary amides is 1. The van der Waals surface area contributed by atoms with Crippen LogP contribution in [0.15, 0.2) is 4.99 Å². The Morgan fingerprint density at radius 2 is 2.22 bits per heavy atom. The molecule has 0 bridgehead atoms. The molecule has 0 spiro atoms. The number of aliphatic imine (C=N–C) groups is 1. The fraction of sp³-hybridized carbons (Fsp3) is 0.500. The van der Waals surface area contributed by atoms with Crippen molar-refractivity contribution in [3.05, 3.63) is 0 Å². The summed E-state index contributed by atoms with van der Waals surface area (Å²) in [6, 6.07) is -0.690. The largest absolute Gasteiger partial charge is 0.370 e. The maximum atomic E-state index is 10.0. The quantitative estimate of drug-likeness (QED) is 0.313. The lowest BCUT2D eigenvalue weighted by Crippen LogP contribution is -2.40. The van der Waals surface area contributed by atoms with Crippen molar-refractivity contribution < 1.29 is 4.79 Å². The van der Waals surface area contributed by atoms with Gasteiger partial charge in [-0.1, -0.05) is 0 Å². The van der Waals surface area contributed by atoms with Crippen molar-refractivity contribution >= 4 is 12.0 Å². The lowest BCUT2D eigenvalue weighted by atomic mass is 10.8. The Morgan fingerprint density at radius 1 is 1.67 bits per heavy atom. The number of amides is 2. The van der Waals surface area contributed by atoms with E-state index in [0.29, 0.717) is 6.54 Å². The van der Waals surface area contributed by atoms with E-state index in [0.717, 1.165) is 0 Å². The summed E-state index contributed by atoms with van der Waals surface area (Å²) in [5.41, 5.74) is 9.84. The Balaban J connectivity index is 3.62. The first kappa shape index (κ1) is 7.74. The van der Waals surface area contributed by atoms with Gasteiger partial charge >= 0.3 is 6.03 Å². The summed E-state index contributed by atoms with van der Waals surface area (Å²) in [5.74, 6) is 0.0602. The lowest BCUT2D eigenvalue weighted by molar-refractivity contribution is 0.253. The number of nitrogens with zero attached hydrogens (tertiary/aromatic N) is 1. The molecule has 0 heterocycles. The minimum atomic E-state index is -0.690. The van der Waals surface area contributed by atoms with Crippen molar-refractivity contribution in [3.63, 3.8) is 0 Å². The molecular formula is C4H10N4O. The van der Waals surface area contributed by atoms with Gasteiger partial charge in [0.1, 0.15) is 0 Å². The zero-order valence-electron chi connectivity index (χ0n) is 5.22. The van der Waals surface area contributed by atoms with E-state index < -0.39 is 6.03 Å². The van der Waals surface area contributed by atoms with E-state index in [-0.39, 0.29) is 5.96 Å². The average molecular weight is 130 g/mol. The number of nitrogens with one attached hydrogen (secondary N) is 1. The molecule has 0 rings (SSSR count). The first-order valence-electron chi connectivity index (χ1n) is 2.53. The van der Waals surface area contributed by atoms with E-state index in [1.54, 1.807) is 6.92 Å². The minimum Gasteiger partial charge on any atom is -0.370 e. The van der Waals surface area contributed by atoms with Crippen LogP contribution < -0.4 is 16.8 Å². The fourth-order valence-electron chi connectivity index (χ4n) is 0.336. The maximum absolute atomic E-state index is 10.0. The second kappa shape index (κ2) is 3.71. The summed E-state index contributed by atoms with van der Waals surface area (Å²) in [5, 5.41) is 2.11. The highest BCUT2D eigenvalue weighted by molar-refractivity contribution is 5.94. The van der Waals surface area contributed by atoms with Crippen LogP contribution in [0.1, 0.15) is 6.92 Å². The van der Waals surface area contributed by atoms with Crippen LogP contribution in [0, 0.1) is 0 Å². The van der Waals surface area contributed by atoms with Crippen LogP contribution >= 0.6 is 0 Å². The zero-order chi connectivity index (χ0) is 7.28. The number of rotatable bonds is 1. The molecule has 0 fully saturated rings. The van der Waals surface area contributed by atoms with Gasteiger partial charge in [-0.05, 0) is 6.92 Å². The predicted molar refractivity (Wildman–Crippen MR) is 34.9 cm³/mol. The van der Waals surface area contributed by atoms with E-state index in [1.165, 1.54) is 0 Å². The van der Waals surface area contributed by atoms with Crippen molar-refractivity contribution in [1.29, 1.82) is 0 Å². The Kier molecular flexibility index (Phi) is 3.19. The molecule has 5 N–H and O–H groups in total. The smallest absolute Gasteiger partial charge is 0.318 e. The Morgan fingerprint density at radius 3 is 2.56 bits per heavy atom. The third kappa shape index (κ3) is 4.60. The van der Waals surface area contributed by atoms with Gasteiger partial charge in [-0.25, -0.2) is 4.79 Å². The van der Waals surface area contributed by atoms with Crippen molar-refractivity contribution in [2.24, 2.45) is 16.5 Å². The van der Waals surface area contributed by atoms with Gasteiger partial charge in [0.05, 0.1) is 0 Å². The monoisotopic (exact) mass is 130 g/mol. The van der Waals surface area contributed by atoms with Crippen LogP contribution in [0.3, 0.4) is 0 Å². The lowest BCUT2D eigenvalue weighted by Gasteiger charge is -1.96. The molecule has 0 saturated heterocycles. The van der Waals surface area contributed by atoms with E-state index in [4.69, 9.17) is 11.5 Å². The number of nitrogens with two attached hydrogens (primary N) is 2. The molecule has 0 aliphatic heterocycles. The maximum Gasteiger partial charge on any atom is 0.318 e. The van der Waals surface area contributed by atoms with Gasteiger partial charge in [0, 0.05) is 6.54 Å². The third-order valence-corrected chi connectivity index (χ3v) is 0.580. The highest BCUT2D eigenvalue weighted by Crippen LogP contribution is 1.64. The zero-order valence-corrected chi connectivity index (χ0v) is 5.22. The highest BCUT2D eigenvalue weighted by Gasteiger charge is 1.91. The van der Waals surface area contributed by atoms with Crippen molar-refractivity contribution in [3.8, 4) is 0 Å². The molecule has 2 amide bonds. The van der Waals surface area contributed by atoms with Crippen LogP contribution in [0.5, 0.6) is 0 Å². The van der Waals surface area contributed by atoms with Gasteiger partial charge in [-0.15, -0.1) is 0 Å². The van der Waals surface area contributed by atoms with Crippen LogP contribution in [0.4, 0.5) is 4.79 Å². The number of urea groups is 1. The van der Waals surface area contributed by atoms with Gasteiger partial charge < -0.3 is 11.5 Å². The molecule has 0 atom stereocenters. The molecular weight excluding hydrogens is 120 g/mol. The van der Waals surface area contributed by atoms with Gasteiger partial charge in [0.2, 0.25) is 0 Å². The topological polar surface area (TPSA) is 93.5 Å². The number of guanidine groups is 1. The van der Waals surface area contributed by atoms with Crippen molar-refractivity contribution in [2.75, 3.05) is 6.54 Å². The highest BCUT2D eigenvalue weighted by atomic mass is 16.2. The second-order valence-electron chi connectivity index (χ2n) is 1.35. The SMILES string of the molecule is CC/N=C(/N)NC(N)=O. The summed E-state index contributed by atoms with van der Waals surface area (Å²) >= 11 is 0. The fourth-order valence-corrected chi connectivity index (χ4v) is 0.336. The van der Waals surface area contributed by atoms with E-state index >= 15 is 0 Å². The Labute approximate surface area is 53.1 Å². The number of hydrogen-bond donors (Lipinski definition) is 3. The molecule has 9 heavy (non-hydrogen) atoms. The normalized spacial score (nSPS) is 11.0. The van der Waals surface area contributed by atoms with Crippen molar-refractivity contribution in [1.82, 2.24) is 5.32 Å². The van der Waals surface area contributed by atoms with Crippen molar-refractivity contribution in [2.45, 2.75) is 6.92 Å². The van der Waals surface area contributed by atoms with E-state index in [1.807, 2.05) is 0 Å². The molecule has 0 aromatic carbocycles. The summed E-state index contributed by atoms with van der Waals surface area (Å²) in [7, 11) is 0. The minimum absolute atomic E-state index is 0.0602. The van der Waals surface area contributed by atoms with Gasteiger partial charge in [-0.3, -0.25) is 10.3 Å². The summed E-state index contributed by atoms with van der Waals surface area (Å²) in [4.78, 5) is 13.7. The number of hydrogen-bond acceptors (Lipinski definition) is 2. The average Bonchev–Trinajstić information content (AvgIpc) is 1.63. The molecule has 0 unspecified atom stereocenters. The molecule has 52 valence electrons. The molecule has 5 heteroatoms. The molecule has 0 radical (unpaired) electrons. The van der Waals surface area contributed by atoms with Gasteiger partial charge in [0.15, 0.2) is 5.96 Å². The van der Waals surface area contributed by atoms with E-state index in [9.17, 15) is 4.79 Å². The molecule has 0 aromatic rings. The van der Waals surface area contributed by atoms with Gasteiger partial charge in [-0.2, -0.15) is 0 Å². The third-order valence-electron chi connectivity index (χ3n) is 0.580. The van der Waals surface area contributed by atoms with E-state index in [2.05, 4.69) is 10.3 Å². The van der Waals surface area contributed by atoms with Crippen LogP contribution in [-0.2, 0) is 0 Å². The van der Waals surface area contributed by atoms with Crippen LogP contribution in [0.25, 0.3) is 0 Å². The first-order chi connectivity index (χ1) is 4.16.